The molecule has 5 nitrogen and oxygen atoms in total. The molecule has 20 heavy (non-hydrogen) atoms. The van der Waals surface area contributed by atoms with E-state index in [9.17, 15) is 8.42 Å². The van der Waals surface area contributed by atoms with Crippen molar-refractivity contribution < 1.29 is 17.7 Å². The molecule has 0 atom stereocenters. The molecule has 0 heterocycles. The zero-order valence-electron chi connectivity index (χ0n) is 10.6. The van der Waals surface area contributed by atoms with Gasteiger partial charge in [-0.25, -0.2) is 0 Å². The molecular formula is C14H11NO4S. The van der Waals surface area contributed by atoms with E-state index in [1.54, 1.807) is 30.3 Å². The summed E-state index contributed by atoms with van der Waals surface area (Å²) >= 11 is 0. The lowest BCUT2D eigenvalue weighted by atomic mass is 10.0. The van der Waals surface area contributed by atoms with Gasteiger partial charge in [-0.15, -0.1) is 0 Å². The summed E-state index contributed by atoms with van der Waals surface area (Å²) in [5.41, 5.74) is 1.95. The van der Waals surface area contributed by atoms with E-state index in [0.29, 0.717) is 11.3 Å². The molecule has 0 saturated heterocycles. The average molecular weight is 289 g/mol. The lowest BCUT2D eigenvalue weighted by Crippen LogP contribution is -1.97. The van der Waals surface area contributed by atoms with Gasteiger partial charge in [-0.1, -0.05) is 18.2 Å². The van der Waals surface area contributed by atoms with Gasteiger partial charge in [-0.3, -0.25) is 4.55 Å². The molecule has 0 unspecified atom stereocenters. The number of methoxy groups -OCH3 is 1. The summed E-state index contributed by atoms with van der Waals surface area (Å²) in [4.78, 5) is -0.165. The molecule has 0 aliphatic rings. The van der Waals surface area contributed by atoms with Crippen LogP contribution in [0.1, 0.15) is 5.56 Å². The zero-order chi connectivity index (χ0) is 14.8. The fraction of sp³-hybridized carbons (Fsp3) is 0.0714. The molecular weight excluding hydrogens is 278 g/mol. The molecule has 2 rings (SSSR count). The van der Waals surface area contributed by atoms with Crippen molar-refractivity contribution >= 4 is 10.1 Å². The van der Waals surface area contributed by atoms with Crippen LogP contribution in [-0.4, -0.2) is 20.1 Å². The highest BCUT2D eigenvalue weighted by atomic mass is 32.2. The first-order valence-corrected chi connectivity index (χ1v) is 7.06. The first-order valence-electron chi connectivity index (χ1n) is 5.62. The molecule has 0 aromatic heterocycles. The highest BCUT2D eigenvalue weighted by molar-refractivity contribution is 7.85. The third kappa shape index (κ3) is 2.79. The van der Waals surface area contributed by atoms with Crippen molar-refractivity contribution in [3.63, 3.8) is 0 Å². The van der Waals surface area contributed by atoms with E-state index < -0.39 is 10.1 Å². The number of nitrogens with zero attached hydrogens (tertiary/aromatic N) is 1. The Labute approximate surface area is 116 Å². The number of benzene rings is 2. The molecule has 1 N–H and O–H groups in total. The van der Waals surface area contributed by atoms with Crippen LogP contribution in [0, 0.1) is 11.3 Å². The van der Waals surface area contributed by atoms with Gasteiger partial charge in [0, 0.05) is 0 Å². The maximum absolute atomic E-state index is 11.0. The van der Waals surface area contributed by atoms with Gasteiger partial charge in [0.1, 0.15) is 11.8 Å². The zero-order valence-corrected chi connectivity index (χ0v) is 11.4. The largest absolute Gasteiger partial charge is 0.495 e. The molecule has 6 heteroatoms. The molecule has 102 valence electrons. The Morgan fingerprint density at radius 1 is 1.10 bits per heavy atom. The maximum Gasteiger partial charge on any atom is 0.294 e. The molecule has 0 saturated carbocycles. The van der Waals surface area contributed by atoms with Gasteiger partial charge >= 0.3 is 0 Å². The van der Waals surface area contributed by atoms with Gasteiger partial charge in [-0.05, 0) is 35.4 Å². The van der Waals surface area contributed by atoms with Crippen molar-refractivity contribution in [1.29, 1.82) is 5.26 Å². The highest BCUT2D eigenvalue weighted by Gasteiger charge is 2.10. The second-order valence-electron chi connectivity index (χ2n) is 4.03. The molecule has 0 aliphatic carbocycles. The van der Waals surface area contributed by atoms with Crippen LogP contribution in [0.2, 0.25) is 0 Å². The van der Waals surface area contributed by atoms with Crippen molar-refractivity contribution in [2.24, 2.45) is 0 Å². The Balaban J connectivity index is 2.45. The van der Waals surface area contributed by atoms with E-state index in [1.165, 1.54) is 19.2 Å². The quantitative estimate of drug-likeness (QED) is 0.877. The second-order valence-corrected chi connectivity index (χ2v) is 5.45. The van der Waals surface area contributed by atoms with Gasteiger partial charge in [-0.2, -0.15) is 13.7 Å². The maximum atomic E-state index is 11.0. The van der Waals surface area contributed by atoms with E-state index in [4.69, 9.17) is 14.6 Å². The molecule has 0 bridgehead atoms. The summed E-state index contributed by atoms with van der Waals surface area (Å²) in [7, 11) is -2.72. The number of nitriles is 1. The number of hydrogen-bond donors (Lipinski definition) is 1. The summed E-state index contributed by atoms with van der Waals surface area (Å²) in [5, 5.41) is 8.91. The lowest BCUT2D eigenvalue weighted by Gasteiger charge is -2.07. The number of rotatable bonds is 3. The minimum absolute atomic E-state index is 0.165. The van der Waals surface area contributed by atoms with Crippen LogP contribution in [0.25, 0.3) is 11.1 Å². The van der Waals surface area contributed by atoms with Crippen LogP contribution in [-0.2, 0) is 10.1 Å². The minimum atomic E-state index is -4.19. The topological polar surface area (TPSA) is 87.4 Å². The standard InChI is InChI=1S/C14H11NO4S/c1-19-14-8-11(2-3-12(14)9-15)10-4-6-13(7-5-10)20(16,17)18/h2-8H,1H3,(H,16,17,18). The summed E-state index contributed by atoms with van der Waals surface area (Å²) in [6, 6.07) is 12.9. The van der Waals surface area contributed by atoms with Crippen molar-refractivity contribution in [2.75, 3.05) is 7.11 Å². The van der Waals surface area contributed by atoms with Crippen molar-refractivity contribution in [3.8, 4) is 22.9 Å². The molecule has 0 aliphatic heterocycles. The molecule has 2 aromatic carbocycles. The molecule has 0 fully saturated rings. The molecule has 0 radical (unpaired) electrons. The third-order valence-electron chi connectivity index (χ3n) is 2.81. The van der Waals surface area contributed by atoms with Gasteiger partial charge in [0.05, 0.1) is 17.6 Å². The van der Waals surface area contributed by atoms with Gasteiger partial charge in [0.25, 0.3) is 10.1 Å². The minimum Gasteiger partial charge on any atom is -0.495 e. The summed E-state index contributed by atoms with van der Waals surface area (Å²) in [6.45, 7) is 0. The molecule has 0 amide bonds. The Hall–Kier alpha value is -2.36. The lowest BCUT2D eigenvalue weighted by molar-refractivity contribution is 0.413. The third-order valence-corrected chi connectivity index (χ3v) is 3.68. The predicted octanol–water partition coefficient (Wildman–Crippen LogP) is 2.48. The SMILES string of the molecule is COc1cc(-c2ccc(S(=O)(=O)O)cc2)ccc1C#N. The Morgan fingerprint density at radius 3 is 2.20 bits per heavy atom. The van der Waals surface area contributed by atoms with Gasteiger partial charge < -0.3 is 4.74 Å². The highest BCUT2D eigenvalue weighted by Crippen LogP contribution is 2.27. The van der Waals surface area contributed by atoms with Crippen molar-refractivity contribution in [2.45, 2.75) is 4.90 Å². The summed E-state index contributed by atoms with van der Waals surface area (Å²) in [5.74, 6) is 0.448. The van der Waals surface area contributed by atoms with E-state index in [0.717, 1.165) is 11.1 Å². The van der Waals surface area contributed by atoms with Crippen LogP contribution in [0.15, 0.2) is 47.4 Å². The van der Waals surface area contributed by atoms with Crippen molar-refractivity contribution in [3.05, 3.63) is 48.0 Å². The van der Waals surface area contributed by atoms with Crippen LogP contribution in [0.5, 0.6) is 5.75 Å². The monoisotopic (exact) mass is 289 g/mol. The molecule has 2 aromatic rings. The van der Waals surface area contributed by atoms with Gasteiger partial charge in [0.2, 0.25) is 0 Å². The van der Waals surface area contributed by atoms with E-state index in [2.05, 4.69) is 0 Å². The second kappa shape index (κ2) is 5.33. The molecule has 0 spiro atoms. The first-order chi connectivity index (χ1) is 9.45. The predicted molar refractivity (Wildman–Crippen MR) is 73.0 cm³/mol. The van der Waals surface area contributed by atoms with Crippen molar-refractivity contribution in [1.82, 2.24) is 0 Å². The fourth-order valence-electron chi connectivity index (χ4n) is 1.78. The van der Waals surface area contributed by atoms with E-state index in [1.807, 2.05) is 6.07 Å². The van der Waals surface area contributed by atoms with Crippen LogP contribution in [0.4, 0.5) is 0 Å². The Morgan fingerprint density at radius 2 is 1.70 bits per heavy atom. The summed E-state index contributed by atoms with van der Waals surface area (Å²) in [6.07, 6.45) is 0. The Bertz CT molecular complexity index is 774. The fourth-order valence-corrected chi connectivity index (χ4v) is 2.26. The van der Waals surface area contributed by atoms with Crippen LogP contribution < -0.4 is 4.74 Å². The van der Waals surface area contributed by atoms with E-state index in [-0.39, 0.29) is 4.90 Å². The smallest absolute Gasteiger partial charge is 0.294 e. The van der Waals surface area contributed by atoms with Crippen LogP contribution in [0.3, 0.4) is 0 Å². The number of hydrogen-bond acceptors (Lipinski definition) is 4. The summed E-state index contributed by atoms with van der Waals surface area (Å²) < 4.78 is 36.0. The van der Waals surface area contributed by atoms with Crippen LogP contribution >= 0.6 is 0 Å². The van der Waals surface area contributed by atoms with E-state index >= 15 is 0 Å². The Kier molecular flexibility index (Phi) is 3.74. The first kappa shape index (κ1) is 14.1. The average Bonchev–Trinajstić information content (AvgIpc) is 2.45. The van der Waals surface area contributed by atoms with Gasteiger partial charge in [0.15, 0.2) is 0 Å². The normalized spacial score (nSPS) is 10.8. The number of ether oxygens (including phenoxy) is 1.